The summed E-state index contributed by atoms with van der Waals surface area (Å²) in [6.45, 7) is 4.31. The highest BCUT2D eigenvalue weighted by atomic mass is 16.5. The van der Waals surface area contributed by atoms with E-state index in [4.69, 9.17) is 9.47 Å². The molecule has 1 N–H and O–H groups in total. The van der Waals surface area contributed by atoms with E-state index in [1.165, 1.54) is 0 Å². The minimum absolute atomic E-state index is 0.284. The molecule has 0 bridgehead atoms. The molecule has 1 atom stereocenters. The summed E-state index contributed by atoms with van der Waals surface area (Å²) in [4.78, 5) is 0. The Morgan fingerprint density at radius 1 is 1.19 bits per heavy atom. The minimum atomic E-state index is 0.284. The Labute approximate surface area is 97.8 Å². The van der Waals surface area contributed by atoms with Gasteiger partial charge in [-0.15, -0.1) is 0 Å². The van der Waals surface area contributed by atoms with E-state index in [0.29, 0.717) is 13.2 Å². The predicted molar refractivity (Wildman–Crippen MR) is 65.9 cm³/mol. The molecule has 0 aromatic heterocycles. The predicted octanol–water partition coefficient (Wildman–Crippen LogP) is 2.08. The molecule has 1 aromatic rings. The molecule has 90 valence electrons. The van der Waals surface area contributed by atoms with Crippen LogP contribution in [0.1, 0.15) is 13.3 Å². The van der Waals surface area contributed by atoms with Crippen LogP contribution in [0.5, 0.6) is 5.75 Å². The van der Waals surface area contributed by atoms with E-state index >= 15 is 0 Å². The van der Waals surface area contributed by atoms with Gasteiger partial charge < -0.3 is 14.8 Å². The molecule has 1 rings (SSSR count). The van der Waals surface area contributed by atoms with Crippen molar-refractivity contribution in [1.29, 1.82) is 0 Å². The SMILES string of the molecule is CNCCC(C)OCCOc1ccccc1. The molecule has 0 spiro atoms. The summed E-state index contributed by atoms with van der Waals surface area (Å²) >= 11 is 0. The number of hydrogen-bond acceptors (Lipinski definition) is 3. The lowest BCUT2D eigenvalue weighted by Crippen LogP contribution is -2.19. The minimum Gasteiger partial charge on any atom is -0.491 e. The second kappa shape index (κ2) is 8.13. The van der Waals surface area contributed by atoms with Gasteiger partial charge in [-0.05, 0) is 39.1 Å². The van der Waals surface area contributed by atoms with Gasteiger partial charge >= 0.3 is 0 Å². The van der Waals surface area contributed by atoms with E-state index in [0.717, 1.165) is 18.7 Å². The fourth-order valence-electron chi connectivity index (χ4n) is 1.36. The molecule has 3 heteroatoms. The first-order valence-corrected chi connectivity index (χ1v) is 5.77. The molecule has 0 amide bonds. The van der Waals surface area contributed by atoms with Crippen molar-refractivity contribution in [3.8, 4) is 5.75 Å². The van der Waals surface area contributed by atoms with Crippen LogP contribution in [0.25, 0.3) is 0 Å². The third-order valence-electron chi connectivity index (χ3n) is 2.30. The van der Waals surface area contributed by atoms with Crippen LogP contribution in [-0.4, -0.2) is 32.9 Å². The maximum absolute atomic E-state index is 5.60. The van der Waals surface area contributed by atoms with Crippen LogP contribution >= 0.6 is 0 Å². The van der Waals surface area contributed by atoms with Gasteiger partial charge in [0.05, 0.1) is 12.7 Å². The molecule has 0 aliphatic rings. The Bertz CT molecular complexity index is 264. The van der Waals surface area contributed by atoms with Gasteiger partial charge in [0.15, 0.2) is 0 Å². The summed E-state index contributed by atoms with van der Waals surface area (Å²) in [6, 6.07) is 9.80. The first kappa shape index (κ1) is 13.0. The molecule has 0 saturated carbocycles. The number of benzene rings is 1. The maximum Gasteiger partial charge on any atom is 0.119 e. The second-order valence-corrected chi connectivity index (χ2v) is 3.74. The number of para-hydroxylation sites is 1. The van der Waals surface area contributed by atoms with E-state index in [9.17, 15) is 0 Å². The molecule has 0 aliphatic heterocycles. The lowest BCUT2D eigenvalue weighted by Gasteiger charge is -2.13. The van der Waals surface area contributed by atoms with Crippen LogP contribution in [0, 0.1) is 0 Å². The summed E-state index contributed by atoms with van der Waals surface area (Å²) in [5, 5.41) is 3.10. The largest absolute Gasteiger partial charge is 0.491 e. The van der Waals surface area contributed by atoms with E-state index in [1.54, 1.807) is 0 Å². The van der Waals surface area contributed by atoms with E-state index < -0.39 is 0 Å². The molecule has 0 saturated heterocycles. The standard InChI is InChI=1S/C13H21NO2/c1-12(8-9-14-2)15-10-11-16-13-6-4-3-5-7-13/h3-7,12,14H,8-11H2,1-2H3. The lowest BCUT2D eigenvalue weighted by molar-refractivity contribution is 0.0403. The van der Waals surface area contributed by atoms with Gasteiger partial charge in [0.2, 0.25) is 0 Å². The molecule has 0 fully saturated rings. The fraction of sp³-hybridized carbons (Fsp3) is 0.538. The zero-order chi connectivity index (χ0) is 11.6. The van der Waals surface area contributed by atoms with Gasteiger partial charge in [-0.25, -0.2) is 0 Å². The topological polar surface area (TPSA) is 30.5 Å². The maximum atomic E-state index is 5.60. The normalized spacial score (nSPS) is 12.4. The Balaban J connectivity index is 2.03. The number of ether oxygens (including phenoxy) is 2. The summed E-state index contributed by atoms with van der Waals surface area (Å²) in [5.74, 6) is 0.897. The lowest BCUT2D eigenvalue weighted by atomic mass is 10.3. The van der Waals surface area contributed by atoms with Gasteiger partial charge in [-0.3, -0.25) is 0 Å². The van der Waals surface area contributed by atoms with Gasteiger partial charge in [0.25, 0.3) is 0 Å². The van der Waals surface area contributed by atoms with Crippen molar-refractivity contribution in [3.05, 3.63) is 30.3 Å². The van der Waals surface area contributed by atoms with Gasteiger partial charge in [-0.1, -0.05) is 18.2 Å². The molecule has 16 heavy (non-hydrogen) atoms. The summed E-state index contributed by atoms with van der Waals surface area (Å²) in [7, 11) is 1.95. The van der Waals surface area contributed by atoms with Crippen molar-refractivity contribution in [1.82, 2.24) is 5.32 Å². The van der Waals surface area contributed by atoms with Crippen molar-refractivity contribution < 1.29 is 9.47 Å². The summed E-state index contributed by atoms with van der Waals surface area (Å²) < 4.78 is 11.1. The first-order valence-electron chi connectivity index (χ1n) is 5.77. The molecule has 1 unspecified atom stereocenters. The molecule has 0 aliphatic carbocycles. The van der Waals surface area contributed by atoms with Crippen LogP contribution in [0.3, 0.4) is 0 Å². The number of nitrogens with one attached hydrogen (secondary N) is 1. The van der Waals surface area contributed by atoms with Crippen LogP contribution in [0.4, 0.5) is 0 Å². The first-order chi connectivity index (χ1) is 7.83. The van der Waals surface area contributed by atoms with E-state index in [1.807, 2.05) is 37.4 Å². The van der Waals surface area contributed by atoms with Crippen molar-refractivity contribution in [2.45, 2.75) is 19.4 Å². The summed E-state index contributed by atoms with van der Waals surface area (Å²) in [5.41, 5.74) is 0. The molecule has 0 heterocycles. The average molecular weight is 223 g/mol. The van der Waals surface area contributed by atoms with Gasteiger partial charge in [0.1, 0.15) is 12.4 Å². The van der Waals surface area contributed by atoms with Crippen molar-refractivity contribution >= 4 is 0 Å². The van der Waals surface area contributed by atoms with Crippen LogP contribution < -0.4 is 10.1 Å². The van der Waals surface area contributed by atoms with Crippen LogP contribution in [0.2, 0.25) is 0 Å². The van der Waals surface area contributed by atoms with Crippen LogP contribution in [-0.2, 0) is 4.74 Å². The third kappa shape index (κ3) is 5.73. The zero-order valence-corrected chi connectivity index (χ0v) is 10.1. The molecule has 3 nitrogen and oxygen atoms in total. The molecule has 1 aromatic carbocycles. The van der Waals surface area contributed by atoms with Crippen molar-refractivity contribution in [2.24, 2.45) is 0 Å². The van der Waals surface area contributed by atoms with E-state index in [-0.39, 0.29) is 6.10 Å². The Kier molecular flexibility index (Phi) is 6.61. The Morgan fingerprint density at radius 2 is 1.94 bits per heavy atom. The molecular formula is C13H21NO2. The highest BCUT2D eigenvalue weighted by Crippen LogP contribution is 2.07. The number of hydrogen-bond donors (Lipinski definition) is 1. The average Bonchev–Trinajstić information content (AvgIpc) is 2.33. The Morgan fingerprint density at radius 3 is 2.62 bits per heavy atom. The van der Waals surface area contributed by atoms with Crippen molar-refractivity contribution in [2.75, 3.05) is 26.8 Å². The monoisotopic (exact) mass is 223 g/mol. The van der Waals surface area contributed by atoms with Gasteiger partial charge in [0, 0.05) is 0 Å². The van der Waals surface area contributed by atoms with Crippen molar-refractivity contribution in [3.63, 3.8) is 0 Å². The van der Waals surface area contributed by atoms with Gasteiger partial charge in [-0.2, -0.15) is 0 Å². The Hall–Kier alpha value is -1.06. The highest BCUT2D eigenvalue weighted by molar-refractivity contribution is 5.20. The number of rotatable bonds is 8. The highest BCUT2D eigenvalue weighted by Gasteiger charge is 2.00. The van der Waals surface area contributed by atoms with Crippen LogP contribution in [0.15, 0.2) is 30.3 Å². The molecule has 0 radical (unpaired) electrons. The smallest absolute Gasteiger partial charge is 0.119 e. The molecular weight excluding hydrogens is 202 g/mol. The van der Waals surface area contributed by atoms with E-state index in [2.05, 4.69) is 12.2 Å². The third-order valence-corrected chi connectivity index (χ3v) is 2.30. The zero-order valence-electron chi connectivity index (χ0n) is 10.1. The second-order valence-electron chi connectivity index (χ2n) is 3.74. The quantitative estimate of drug-likeness (QED) is 0.684. The fourth-order valence-corrected chi connectivity index (χ4v) is 1.36. The summed E-state index contributed by atoms with van der Waals surface area (Å²) in [6.07, 6.45) is 1.31.